The zero-order valence-corrected chi connectivity index (χ0v) is 16.9. The molecular weight excluding hydrogens is 364 g/mol. The highest BCUT2D eigenvalue weighted by Gasteiger charge is 2.24. The van der Waals surface area contributed by atoms with Crippen molar-refractivity contribution in [2.75, 3.05) is 47.5 Å². The predicted molar refractivity (Wildman–Crippen MR) is 106 cm³/mol. The molecule has 2 aromatic rings. The molecule has 1 fully saturated rings. The van der Waals surface area contributed by atoms with Crippen LogP contribution in [0.25, 0.3) is 0 Å². The average Bonchev–Trinajstić information content (AvgIpc) is 3.21. The van der Waals surface area contributed by atoms with E-state index in [1.165, 1.54) is 5.56 Å². The Hall–Kier alpha value is -2.25. The summed E-state index contributed by atoms with van der Waals surface area (Å²) in [4.78, 5) is 17.1. The van der Waals surface area contributed by atoms with E-state index in [-0.39, 0.29) is 12.3 Å². The molecule has 1 saturated heterocycles. The second-order valence-corrected chi connectivity index (χ2v) is 7.24. The highest BCUT2D eigenvalue weighted by molar-refractivity contribution is 7.07. The maximum Gasteiger partial charge on any atom is 0.227 e. The highest BCUT2D eigenvalue weighted by atomic mass is 32.1. The summed E-state index contributed by atoms with van der Waals surface area (Å²) in [7, 11) is 4.73. The third-order valence-corrected chi connectivity index (χ3v) is 5.57. The molecule has 146 valence electrons. The molecule has 7 heteroatoms. The maximum absolute atomic E-state index is 12.8. The summed E-state index contributed by atoms with van der Waals surface area (Å²) in [5.74, 6) is 1.77. The molecule has 6 nitrogen and oxygen atoms in total. The van der Waals surface area contributed by atoms with E-state index in [2.05, 4.69) is 21.7 Å². The summed E-state index contributed by atoms with van der Waals surface area (Å²) in [5.41, 5.74) is 2.15. The number of amides is 1. The van der Waals surface area contributed by atoms with Crippen LogP contribution in [-0.4, -0.2) is 63.2 Å². The number of carbonyl (C=O) groups excluding carboxylic acids is 1. The van der Waals surface area contributed by atoms with E-state index in [1.54, 1.807) is 32.7 Å². The Bertz CT molecular complexity index is 756. The van der Waals surface area contributed by atoms with Crippen molar-refractivity contribution in [2.45, 2.75) is 13.0 Å². The van der Waals surface area contributed by atoms with E-state index < -0.39 is 0 Å². The summed E-state index contributed by atoms with van der Waals surface area (Å²) in [6, 6.07) is 5.83. The first kappa shape index (κ1) is 19.5. The van der Waals surface area contributed by atoms with E-state index in [0.717, 1.165) is 38.3 Å². The number of thiophene rings is 1. The third kappa shape index (κ3) is 4.54. The van der Waals surface area contributed by atoms with Gasteiger partial charge in [0, 0.05) is 38.3 Å². The van der Waals surface area contributed by atoms with Crippen molar-refractivity contribution in [3.8, 4) is 17.2 Å². The second-order valence-electron chi connectivity index (χ2n) is 6.46. The number of hydrogen-bond donors (Lipinski definition) is 0. The van der Waals surface area contributed by atoms with Gasteiger partial charge in [0.25, 0.3) is 0 Å². The van der Waals surface area contributed by atoms with Gasteiger partial charge in [-0.1, -0.05) is 6.07 Å². The van der Waals surface area contributed by atoms with Crippen molar-refractivity contribution in [1.82, 2.24) is 9.80 Å². The molecule has 3 rings (SSSR count). The molecule has 1 aromatic carbocycles. The maximum atomic E-state index is 12.8. The second kappa shape index (κ2) is 9.10. The molecule has 1 aliphatic rings. The first-order chi connectivity index (χ1) is 13.2. The Morgan fingerprint density at radius 2 is 1.74 bits per heavy atom. The van der Waals surface area contributed by atoms with Gasteiger partial charge < -0.3 is 19.1 Å². The molecule has 0 atom stereocenters. The fraction of sp³-hybridized carbons (Fsp3) is 0.450. The Morgan fingerprint density at radius 3 is 2.33 bits per heavy atom. The number of hydrogen-bond acceptors (Lipinski definition) is 6. The number of benzene rings is 1. The van der Waals surface area contributed by atoms with Crippen LogP contribution in [0.2, 0.25) is 0 Å². The van der Waals surface area contributed by atoms with Gasteiger partial charge in [0.1, 0.15) is 0 Å². The zero-order valence-electron chi connectivity index (χ0n) is 16.1. The number of carbonyl (C=O) groups is 1. The molecule has 0 aliphatic carbocycles. The van der Waals surface area contributed by atoms with Gasteiger partial charge in [0.05, 0.1) is 27.8 Å². The number of piperazine rings is 1. The first-order valence-electron chi connectivity index (χ1n) is 8.95. The minimum Gasteiger partial charge on any atom is -0.493 e. The Labute approximate surface area is 164 Å². The lowest BCUT2D eigenvalue weighted by Crippen LogP contribution is -2.48. The minimum atomic E-state index is 0.107. The summed E-state index contributed by atoms with van der Waals surface area (Å²) < 4.78 is 16.2. The van der Waals surface area contributed by atoms with Crippen LogP contribution in [0.5, 0.6) is 17.2 Å². The van der Waals surface area contributed by atoms with Crippen molar-refractivity contribution < 1.29 is 19.0 Å². The van der Waals surface area contributed by atoms with E-state index in [1.807, 2.05) is 17.0 Å². The van der Waals surface area contributed by atoms with E-state index in [9.17, 15) is 4.79 Å². The summed E-state index contributed by atoms with van der Waals surface area (Å²) in [6.45, 7) is 4.24. The van der Waals surface area contributed by atoms with Gasteiger partial charge in [-0.25, -0.2) is 0 Å². The predicted octanol–water partition coefficient (Wildman–Crippen LogP) is 2.66. The fourth-order valence-electron chi connectivity index (χ4n) is 3.37. The van der Waals surface area contributed by atoms with Crippen LogP contribution >= 0.6 is 11.3 Å². The molecule has 0 N–H and O–H groups in total. The largest absolute Gasteiger partial charge is 0.493 e. The molecule has 0 bridgehead atoms. The van der Waals surface area contributed by atoms with Gasteiger partial charge in [0.2, 0.25) is 11.7 Å². The van der Waals surface area contributed by atoms with E-state index >= 15 is 0 Å². The van der Waals surface area contributed by atoms with Crippen LogP contribution in [0.15, 0.2) is 29.0 Å². The monoisotopic (exact) mass is 390 g/mol. The lowest BCUT2D eigenvalue weighted by atomic mass is 10.1. The van der Waals surface area contributed by atoms with Gasteiger partial charge in [-0.2, -0.15) is 11.3 Å². The Kier molecular flexibility index (Phi) is 6.58. The van der Waals surface area contributed by atoms with Gasteiger partial charge in [-0.3, -0.25) is 9.69 Å². The van der Waals surface area contributed by atoms with Crippen LogP contribution in [0.3, 0.4) is 0 Å². The van der Waals surface area contributed by atoms with Crippen molar-refractivity contribution in [2.24, 2.45) is 0 Å². The zero-order chi connectivity index (χ0) is 19.2. The van der Waals surface area contributed by atoms with Gasteiger partial charge in [0.15, 0.2) is 11.5 Å². The van der Waals surface area contributed by atoms with Crippen molar-refractivity contribution in [3.63, 3.8) is 0 Å². The number of methoxy groups -OCH3 is 3. The Balaban J connectivity index is 1.61. The summed E-state index contributed by atoms with van der Waals surface area (Å²) in [6.07, 6.45) is 0.286. The molecule has 2 heterocycles. The molecule has 1 aromatic heterocycles. The highest BCUT2D eigenvalue weighted by Crippen LogP contribution is 2.40. The van der Waals surface area contributed by atoms with Crippen molar-refractivity contribution >= 4 is 17.2 Å². The fourth-order valence-corrected chi connectivity index (χ4v) is 4.03. The molecule has 0 radical (unpaired) electrons. The average molecular weight is 391 g/mol. The third-order valence-electron chi connectivity index (χ3n) is 4.84. The first-order valence-corrected chi connectivity index (χ1v) is 9.89. The lowest BCUT2D eigenvalue weighted by molar-refractivity contribution is -0.132. The molecule has 0 spiro atoms. The molecule has 1 amide bonds. The topological polar surface area (TPSA) is 51.2 Å². The number of rotatable bonds is 7. The summed E-state index contributed by atoms with van der Waals surface area (Å²) >= 11 is 1.72. The van der Waals surface area contributed by atoms with Gasteiger partial charge in [-0.15, -0.1) is 0 Å². The van der Waals surface area contributed by atoms with Crippen LogP contribution in [-0.2, 0) is 17.8 Å². The molecule has 0 unspecified atom stereocenters. The van der Waals surface area contributed by atoms with Crippen LogP contribution < -0.4 is 14.2 Å². The smallest absolute Gasteiger partial charge is 0.227 e. The van der Waals surface area contributed by atoms with E-state index in [0.29, 0.717) is 17.2 Å². The molecule has 27 heavy (non-hydrogen) atoms. The normalized spacial score (nSPS) is 14.9. The van der Waals surface area contributed by atoms with Crippen LogP contribution in [0.1, 0.15) is 11.1 Å². The van der Waals surface area contributed by atoms with Crippen molar-refractivity contribution in [1.29, 1.82) is 0 Å². The lowest BCUT2D eigenvalue weighted by Gasteiger charge is -2.34. The van der Waals surface area contributed by atoms with Crippen molar-refractivity contribution in [3.05, 3.63) is 40.1 Å². The Morgan fingerprint density at radius 1 is 1.00 bits per heavy atom. The summed E-state index contributed by atoms with van der Waals surface area (Å²) in [5, 5.41) is 4.28. The quantitative estimate of drug-likeness (QED) is 0.728. The molecule has 1 aliphatic heterocycles. The number of ether oxygens (including phenoxy) is 3. The molecule has 0 saturated carbocycles. The van der Waals surface area contributed by atoms with E-state index in [4.69, 9.17) is 14.2 Å². The minimum absolute atomic E-state index is 0.107. The van der Waals surface area contributed by atoms with Gasteiger partial charge in [-0.05, 0) is 28.5 Å². The SMILES string of the molecule is COc1ccc(CC(=O)N2CCN(Cc3ccsc3)CC2)c(OC)c1OC. The number of nitrogens with zero attached hydrogens (tertiary/aromatic N) is 2. The molecular formula is C20H26N2O4S. The van der Waals surface area contributed by atoms with Crippen LogP contribution in [0, 0.1) is 0 Å². The standard InChI is InChI=1S/C20H26N2O4S/c1-24-17-5-4-16(19(25-2)20(17)26-3)12-18(23)22-9-7-21(8-10-22)13-15-6-11-27-14-15/h4-6,11,14H,7-10,12-13H2,1-3H3. The van der Waals surface area contributed by atoms with Crippen LogP contribution in [0.4, 0.5) is 0 Å². The van der Waals surface area contributed by atoms with Gasteiger partial charge >= 0.3 is 0 Å².